The Kier molecular flexibility index (Phi) is 4.46. The van der Waals surface area contributed by atoms with Gasteiger partial charge in [0, 0.05) is 11.6 Å². The molecule has 0 fully saturated rings. The molecule has 18 heavy (non-hydrogen) atoms. The van der Waals surface area contributed by atoms with Gasteiger partial charge in [0.05, 0.1) is 6.42 Å². The molecule has 0 aliphatic carbocycles. The maximum absolute atomic E-state index is 13.9. The second kappa shape index (κ2) is 5.48. The molecule has 0 aromatic heterocycles. The highest BCUT2D eigenvalue weighted by Gasteiger charge is 2.35. The zero-order valence-electron chi connectivity index (χ0n) is 11.3. The average molecular weight is 253 g/mol. The first-order chi connectivity index (χ1) is 8.25. The molecule has 1 aromatic carbocycles. The second-order valence-corrected chi connectivity index (χ2v) is 5.45. The van der Waals surface area contributed by atoms with Crippen LogP contribution in [0.15, 0.2) is 24.3 Å². The minimum absolute atomic E-state index is 0.00974. The van der Waals surface area contributed by atoms with Gasteiger partial charge in [-0.1, -0.05) is 32.0 Å². The molecule has 1 aromatic rings. The number of rotatable bonds is 5. The van der Waals surface area contributed by atoms with Crippen molar-refractivity contribution in [3.63, 3.8) is 0 Å². The van der Waals surface area contributed by atoms with Crippen molar-refractivity contribution in [2.24, 2.45) is 5.41 Å². The predicted molar refractivity (Wildman–Crippen MR) is 68.9 cm³/mol. The standard InChI is InChI=1S/C14H20FNO2/c1-14(2,9-12(17)18)13(16(3)4)10-7-5-6-8-11(10)15/h5-8,13H,9H2,1-4H3,(H,17,18). The van der Waals surface area contributed by atoms with E-state index in [1.807, 2.05) is 32.8 Å². The van der Waals surface area contributed by atoms with E-state index in [2.05, 4.69) is 0 Å². The number of carbonyl (C=O) groups is 1. The van der Waals surface area contributed by atoms with Crippen LogP contribution in [0.2, 0.25) is 0 Å². The molecular formula is C14H20FNO2. The van der Waals surface area contributed by atoms with E-state index in [0.29, 0.717) is 5.56 Å². The van der Waals surface area contributed by atoms with E-state index in [1.165, 1.54) is 6.07 Å². The molecule has 0 spiro atoms. The lowest BCUT2D eigenvalue weighted by molar-refractivity contribution is -0.140. The van der Waals surface area contributed by atoms with Crippen LogP contribution in [0.1, 0.15) is 31.9 Å². The molecule has 100 valence electrons. The fourth-order valence-corrected chi connectivity index (χ4v) is 2.58. The number of aliphatic carboxylic acids is 1. The van der Waals surface area contributed by atoms with Crippen LogP contribution in [0, 0.1) is 11.2 Å². The molecule has 0 saturated carbocycles. The first-order valence-electron chi connectivity index (χ1n) is 5.88. The monoisotopic (exact) mass is 253 g/mol. The first-order valence-corrected chi connectivity index (χ1v) is 5.88. The summed E-state index contributed by atoms with van der Waals surface area (Å²) in [4.78, 5) is 12.8. The number of hydrogen-bond acceptors (Lipinski definition) is 2. The molecule has 1 unspecified atom stereocenters. The van der Waals surface area contributed by atoms with Gasteiger partial charge in [-0.25, -0.2) is 4.39 Å². The first kappa shape index (κ1) is 14.6. The summed E-state index contributed by atoms with van der Waals surface area (Å²) in [7, 11) is 3.67. The molecule has 0 aliphatic rings. The van der Waals surface area contributed by atoms with E-state index >= 15 is 0 Å². The zero-order chi connectivity index (χ0) is 13.9. The summed E-state index contributed by atoms with van der Waals surface area (Å²) >= 11 is 0. The molecule has 0 heterocycles. The highest BCUT2D eigenvalue weighted by atomic mass is 19.1. The minimum Gasteiger partial charge on any atom is -0.481 e. The molecule has 4 heteroatoms. The SMILES string of the molecule is CN(C)C(c1ccccc1F)C(C)(C)CC(=O)O. The Morgan fingerprint density at radius 3 is 2.39 bits per heavy atom. The minimum atomic E-state index is -0.872. The number of nitrogens with zero attached hydrogens (tertiary/aromatic N) is 1. The van der Waals surface area contributed by atoms with Gasteiger partial charge in [-0.05, 0) is 25.6 Å². The van der Waals surface area contributed by atoms with Gasteiger partial charge in [0.1, 0.15) is 5.82 Å². The van der Waals surface area contributed by atoms with Gasteiger partial charge in [0.25, 0.3) is 0 Å². The zero-order valence-corrected chi connectivity index (χ0v) is 11.3. The van der Waals surface area contributed by atoms with Gasteiger partial charge in [-0.15, -0.1) is 0 Å². The van der Waals surface area contributed by atoms with Crippen molar-refractivity contribution < 1.29 is 14.3 Å². The topological polar surface area (TPSA) is 40.5 Å². The van der Waals surface area contributed by atoms with Gasteiger partial charge in [0.2, 0.25) is 0 Å². The molecule has 0 radical (unpaired) electrons. The maximum Gasteiger partial charge on any atom is 0.303 e. The normalized spacial score (nSPS) is 13.7. The fraction of sp³-hybridized carbons (Fsp3) is 0.500. The lowest BCUT2D eigenvalue weighted by Crippen LogP contribution is -2.35. The summed E-state index contributed by atoms with van der Waals surface area (Å²) < 4.78 is 13.9. The molecule has 0 aliphatic heterocycles. The number of benzene rings is 1. The van der Waals surface area contributed by atoms with Crippen molar-refractivity contribution in [3.8, 4) is 0 Å². The number of hydrogen-bond donors (Lipinski definition) is 1. The van der Waals surface area contributed by atoms with E-state index in [9.17, 15) is 9.18 Å². The quantitative estimate of drug-likeness (QED) is 0.877. The van der Waals surface area contributed by atoms with Gasteiger partial charge >= 0.3 is 5.97 Å². The molecule has 0 amide bonds. The van der Waals surface area contributed by atoms with Crippen molar-refractivity contribution in [2.45, 2.75) is 26.3 Å². The highest BCUT2D eigenvalue weighted by Crippen LogP contribution is 2.40. The highest BCUT2D eigenvalue weighted by molar-refractivity contribution is 5.67. The van der Waals surface area contributed by atoms with E-state index in [4.69, 9.17) is 5.11 Å². The second-order valence-electron chi connectivity index (χ2n) is 5.45. The fourth-order valence-electron chi connectivity index (χ4n) is 2.58. The Morgan fingerprint density at radius 2 is 1.94 bits per heavy atom. The molecule has 0 bridgehead atoms. The van der Waals surface area contributed by atoms with E-state index < -0.39 is 11.4 Å². The third-order valence-corrected chi connectivity index (χ3v) is 3.06. The van der Waals surface area contributed by atoms with Crippen LogP contribution in [0.4, 0.5) is 4.39 Å². The summed E-state index contributed by atoms with van der Waals surface area (Å²) in [6.07, 6.45) is -0.00974. The average Bonchev–Trinajstić information content (AvgIpc) is 2.18. The summed E-state index contributed by atoms with van der Waals surface area (Å²) in [6, 6.07) is 6.24. The molecule has 1 atom stereocenters. The lowest BCUT2D eigenvalue weighted by atomic mass is 9.77. The van der Waals surface area contributed by atoms with Gasteiger partial charge in [-0.2, -0.15) is 0 Å². The smallest absolute Gasteiger partial charge is 0.303 e. The predicted octanol–water partition coefficient (Wildman–Crippen LogP) is 2.93. The van der Waals surface area contributed by atoms with Crippen LogP contribution < -0.4 is 0 Å². The number of carboxylic acid groups (broad SMARTS) is 1. The summed E-state index contributed by atoms with van der Waals surface area (Å²) in [5.41, 5.74) is -0.0221. The van der Waals surface area contributed by atoms with Crippen LogP contribution in [0.25, 0.3) is 0 Å². The lowest BCUT2D eigenvalue weighted by Gasteiger charge is -2.38. The molecule has 0 saturated heterocycles. The third kappa shape index (κ3) is 3.29. The Hall–Kier alpha value is -1.42. The molecule has 1 rings (SSSR count). The summed E-state index contributed by atoms with van der Waals surface area (Å²) in [5, 5.41) is 8.98. The van der Waals surface area contributed by atoms with Gasteiger partial charge in [-0.3, -0.25) is 4.79 Å². The van der Waals surface area contributed by atoms with Crippen molar-refractivity contribution >= 4 is 5.97 Å². The van der Waals surface area contributed by atoms with Gasteiger partial charge < -0.3 is 10.0 Å². The molecular weight excluding hydrogens is 233 g/mol. The van der Waals surface area contributed by atoms with Crippen LogP contribution in [-0.4, -0.2) is 30.1 Å². The van der Waals surface area contributed by atoms with Crippen molar-refractivity contribution in [2.75, 3.05) is 14.1 Å². The van der Waals surface area contributed by atoms with Crippen LogP contribution in [-0.2, 0) is 4.79 Å². The largest absolute Gasteiger partial charge is 0.481 e. The van der Waals surface area contributed by atoms with Crippen molar-refractivity contribution in [1.29, 1.82) is 0 Å². The van der Waals surface area contributed by atoms with Gasteiger partial charge in [0.15, 0.2) is 0 Å². The number of carboxylic acids is 1. The maximum atomic E-state index is 13.9. The number of halogens is 1. The van der Waals surface area contributed by atoms with E-state index in [0.717, 1.165) is 0 Å². The summed E-state index contributed by atoms with van der Waals surface area (Å²) in [5.74, 6) is -1.17. The van der Waals surface area contributed by atoms with Crippen LogP contribution in [0.3, 0.4) is 0 Å². The van der Waals surface area contributed by atoms with Crippen LogP contribution >= 0.6 is 0 Å². The van der Waals surface area contributed by atoms with Crippen LogP contribution in [0.5, 0.6) is 0 Å². The van der Waals surface area contributed by atoms with Crippen molar-refractivity contribution in [3.05, 3.63) is 35.6 Å². The summed E-state index contributed by atoms with van der Waals surface area (Å²) in [6.45, 7) is 3.69. The Balaban J connectivity index is 3.19. The Labute approximate surface area is 107 Å². The van der Waals surface area contributed by atoms with Crippen molar-refractivity contribution in [1.82, 2.24) is 4.90 Å². The molecule has 1 N–H and O–H groups in total. The Morgan fingerprint density at radius 1 is 1.39 bits per heavy atom. The molecule has 3 nitrogen and oxygen atoms in total. The van der Waals surface area contributed by atoms with E-state index in [1.54, 1.807) is 18.2 Å². The Bertz CT molecular complexity index is 430. The van der Waals surface area contributed by atoms with E-state index in [-0.39, 0.29) is 18.3 Å². The third-order valence-electron chi connectivity index (χ3n) is 3.06.